The first kappa shape index (κ1) is 14.8. The number of hydrogen-bond acceptors (Lipinski definition) is 4. The monoisotopic (exact) mass is 360 g/mol. The summed E-state index contributed by atoms with van der Waals surface area (Å²) in [5, 5.41) is -0.674. The molecule has 0 amide bonds. The molecule has 4 nitrogen and oxygen atoms in total. The molecular weight excluding hydrogens is 358 g/mol. The lowest BCUT2D eigenvalue weighted by atomic mass is 10.2. The second-order valence-electron chi connectivity index (χ2n) is 3.62. The van der Waals surface area contributed by atoms with E-state index in [1.807, 2.05) is 0 Å². The molecule has 0 saturated carbocycles. The van der Waals surface area contributed by atoms with Gasteiger partial charge in [-0.25, -0.2) is 15.0 Å². The Labute approximate surface area is 115 Å². The molecular formula is C9H3BrF6N4. The number of alkyl halides is 6. The first-order valence-electron chi connectivity index (χ1n) is 4.78. The van der Waals surface area contributed by atoms with Crippen LogP contribution in [0, 0.1) is 0 Å². The molecule has 2 N–H and O–H groups in total. The molecule has 0 saturated heterocycles. The minimum absolute atomic E-state index is 0.00106. The van der Waals surface area contributed by atoms with Crippen molar-refractivity contribution in [2.45, 2.75) is 12.4 Å². The second kappa shape index (κ2) is 4.43. The number of anilines is 1. The summed E-state index contributed by atoms with van der Waals surface area (Å²) >= 11 is 2.84. The van der Waals surface area contributed by atoms with Crippen molar-refractivity contribution in [1.29, 1.82) is 0 Å². The van der Waals surface area contributed by atoms with E-state index in [-0.39, 0.29) is 10.3 Å². The maximum atomic E-state index is 12.8. The summed E-state index contributed by atoms with van der Waals surface area (Å²) < 4.78 is 75.9. The van der Waals surface area contributed by atoms with Crippen LogP contribution in [0.2, 0.25) is 0 Å². The highest BCUT2D eigenvalue weighted by atomic mass is 79.9. The molecule has 0 bridgehead atoms. The maximum absolute atomic E-state index is 12.8. The highest BCUT2D eigenvalue weighted by Crippen LogP contribution is 2.37. The molecule has 2 aromatic rings. The van der Waals surface area contributed by atoms with Crippen LogP contribution < -0.4 is 5.73 Å². The smallest absolute Gasteiger partial charge is 0.383 e. The zero-order valence-corrected chi connectivity index (χ0v) is 10.7. The minimum atomic E-state index is -5.13. The van der Waals surface area contributed by atoms with Crippen molar-refractivity contribution in [2.75, 3.05) is 5.73 Å². The molecule has 0 aromatic carbocycles. The predicted octanol–water partition coefficient (Wildman–Crippen LogP) is 3.41. The van der Waals surface area contributed by atoms with E-state index in [1.54, 1.807) is 0 Å². The van der Waals surface area contributed by atoms with Crippen molar-refractivity contribution in [1.82, 2.24) is 15.0 Å². The second-order valence-corrected chi connectivity index (χ2v) is 4.47. The third kappa shape index (κ3) is 2.62. The van der Waals surface area contributed by atoms with Gasteiger partial charge in [0.25, 0.3) is 0 Å². The summed E-state index contributed by atoms with van der Waals surface area (Å²) in [7, 11) is 0. The van der Waals surface area contributed by atoms with Crippen LogP contribution in [0.25, 0.3) is 11.0 Å². The number of nitrogen functional groups attached to an aromatic ring is 1. The van der Waals surface area contributed by atoms with Crippen LogP contribution in [0.5, 0.6) is 0 Å². The van der Waals surface area contributed by atoms with Gasteiger partial charge in [0.15, 0.2) is 11.3 Å². The number of nitrogens with zero attached hydrogens (tertiary/aromatic N) is 3. The molecule has 0 aliphatic rings. The van der Waals surface area contributed by atoms with Gasteiger partial charge in [-0.3, -0.25) is 0 Å². The molecule has 2 aromatic heterocycles. The highest BCUT2D eigenvalue weighted by molar-refractivity contribution is 9.10. The number of rotatable bonds is 0. The Hall–Kier alpha value is -1.65. The van der Waals surface area contributed by atoms with Crippen molar-refractivity contribution >= 4 is 32.8 Å². The fraction of sp³-hybridized carbons (Fsp3) is 0.222. The Morgan fingerprint density at radius 2 is 1.55 bits per heavy atom. The zero-order valence-electron chi connectivity index (χ0n) is 9.14. The van der Waals surface area contributed by atoms with Gasteiger partial charge in [0.1, 0.15) is 5.82 Å². The van der Waals surface area contributed by atoms with E-state index in [4.69, 9.17) is 5.73 Å². The first-order valence-corrected chi connectivity index (χ1v) is 5.57. The third-order valence-corrected chi connectivity index (χ3v) is 2.82. The van der Waals surface area contributed by atoms with Crippen molar-refractivity contribution in [2.24, 2.45) is 0 Å². The Bertz CT molecular complexity index is 681. The number of hydrogen-bond donors (Lipinski definition) is 1. The fourth-order valence-electron chi connectivity index (χ4n) is 1.39. The van der Waals surface area contributed by atoms with Crippen LogP contribution in [0.1, 0.15) is 11.5 Å². The molecule has 0 atom stereocenters. The summed E-state index contributed by atoms with van der Waals surface area (Å²) in [6, 6.07) is 0.876. The van der Waals surface area contributed by atoms with Crippen LogP contribution in [0.15, 0.2) is 10.5 Å². The van der Waals surface area contributed by atoms with Gasteiger partial charge >= 0.3 is 12.4 Å². The molecule has 2 rings (SSSR count). The SMILES string of the molecule is Nc1nc2nc(C(F)(F)F)nc(C(F)(F)F)c2cc1Br. The standard InChI is InChI=1S/C9H3BrF6N4/c10-3-1-2-4(8(11,12)13)18-7(9(14,15)16)20-6(2)19-5(3)17/h1H,(H2,17,18,19,20). The predicted molar refractivity (Wildman–Crippen MR) is 59.4 cm³/mol. The average Bonchev–Trinajstić information content (AvgIpc) is 2.26. The van der Waals surface area contributed by atoms with E-state index in [9.17, 15) is 26.3 Å². The highest BCUT2D eigenvalue weighted by Gasteiger charge is 2.41. The molecule has 108 valence electrons. The molecule has 0 fully saturated rings. The van der Waals surface area contributed by atoms with Crippen molar-refractivity contribution in [3.8, 4) is 0 Å². The Kier molecular flexibility index (Phi) is 3.27. The largest absolute Gasteiger partial charge is 0.451 e. The summed E-state index contributed by atoms with van der Waals surface area (Å²) in [5.41, 5.74) is 2.83. The molecule has 0 aliphatic carbocycles. The van der Waals surface area contributed by atoms with E-state index in [0.29, 0.717) is 0 Å². The molecule has 0 spiro atoms. The summed E-state index contributed by atoms with van der Waals surface area (Å²) in [6.07, 6.45) is -10.2. The molecule has 0 unspecified atom stereocenters. The Morgan fingerprint density at radius 1 is 0.950 bits per heavy atom. The molecule has 0 aliphatic heterocycles. The number of nitrogens with two attached hydrogens (primary N) is 1. The maximum Gasteiger partial charge on any atom is 0.451 e. The summed E-state index contributed by atoms with van der Waals surface area (Å²) in [5.74, 6) is -2.20. The van der Waals surface area contributed by atoms with Crippen LogP contribution >= 0.6 is 15.9 Å². The van der Waals surface area contributed by atoms with E-state index >= 15 is 0 Å². The third-order valence-electron chi connectivity index (χ3n) is 2.19. The summed E-state index contributed by atoms with van der Waals surface area (Å²) in [4.78, 5) is 8.93. The number of aromatic nitrogens is 3. The van der Waals surface area contributed by atoms with Gasteiger partial charge in [0, 0.05) is 0 Å². The lowest BCUT2D eigenvalue weighted by Crippen LogP contribution is -2.18. The quantitative estimate of drug-likeness (QED) is 0.731. The van der Waals surface area contributed by atoms with E-state index in [0.717, 1.165) is 6.07 Å². The van der Waals surface area contributed by atoms with Crippen LogP contribution in [0.4, 0.5) is 32.2 Å². The van der Waals surface area contributed by atoms with Gasteiger partial charge in [-0.1, -0.05) is 0 Å². The first-order chi connectivity index (χ1) is 9.00. The van der Waals surface area contributed by atoms with Gasteiger partial charge in [-0.2, -0.15) is 26.3 Å². The topological polar surface area (TPSA) is 64.7 Å². The number of halogens is 7. The van der Waals surface area contributed by atoms with E-state index < -0.39 is 34.9 Å². The summed E-state index contributed by atoms with van der Waals surface area (Å²) in [6.45, 7) is 0. The molecule has 2 heterocycles. The van der Waals surface area contributed by atoms with E-state index in [1.165, 1.54) is 0 Å². The van der Waals surface area contributed by atoms with Gasteiger partial charge in [0.2, 0.25) is 5.82 Å². The number of fused-ring (bicyclic) bond motifs is 1. The van der Waals surface area contributed by atoms with Crippen LogP contribution in [0.3, 0.4) is 0 Å². The van der Waals surface area contributed by atoms with Crippen molar-refractivity contribution in [3.05, 3.63) is 22.1 Å². The normalized spacial score (nSPS) is 12.9. The van der Waals surface area contributed by atoms with Crippen LogP contribution in [-0.4, -0.2) is 15.0 Å². The molecule has 11 heteroatoms. The molecule has 20 heavy (non-hydrogen) atoms. The van der Waals surface area contributed by atoms with E-state index in [2.05, 4.69) is 30.9 Å². The Balaban J connectivity index is 2.89. The molecule has 0 radical (unpaired) electrons. The average molecular weight is 361 g/mol. The Morgan fingerprint density at radius 3 is 2.05 bits per heavy atom. The van der Waals surface area contributed by atoms with Crippen molar-refractivity contribution < 1.29 is 26.3 Å². The minimum Gasteiger partial charge on any atom is -0.383 e. The van der Waals surface area contributed by atoms with Gasteiger partial charge in [-0.15, -0.1) is 0 Å². The van der Waals surface area contributed by atoms with Crippen molar-refractivity contribution in [3.63, 3.8) is 0 Å². The fourth-order valence-corrected chi connectivity index (χ4v) is 1.70. The number of pyridine rings is 1. The van der Waals surface area contributed by atoms with Gasteiger partial charge in [-0.05, 0) is 22.0 Å². The van der Waals surface area contributed by atoms with Gasteiger partial charge in [0.05, 0.1) is 9.86 Å². The zero-order chi connectivity index (χ0) is 15.3. The lowest BCUT2D eigenvalue weighted by Gasteiger charge is -2.12. The van der Waals surface area contributed by atoms with Gasteiger partial charge < -0.3 is 5.73 Å². The lowest BCUT2D eigenvalue weighted by molar-refractivity contribution is -0.151. The van der Waals surface area contributed by atoms with Crippen LogP contribution in [-0.2, 0) is 12.4 Å².